The van der Waals surface area contributed by atoms with Gasteiger partial charge in [-0.1, -0.05) is 58.7 Å². The lowest BCUT2D eigenvalue weighted by Gasteiger charge is -2.06. The molecule has 0 unspecified atom stereocenters. The number of nitrogens with zero attached hydrogens (tertiary/aromatic N) is 3. The van der Waals surface area contributed by atoms with Gasteiger partial charge < -0.3 is 5.84 Å². The van der Waals surface area contributed by atoms with E-state index in [-0.39, 0.29) is 0 Å². The third-order valence-corrected chi connectivity index (χ3v) is 4.89. The average Bonchev–Trinajstić information content (AvgIpc) is 2.86. The van der Waals surface area contributed by atoms with Crippen LogP contribution in [0.25, 0.3) is 11.4 Å². The molecule has 1 aromatic heterocycles. The summed E-state index contributed by atoms with van der Waals surface area (Å²) < 4.78 is 1.42. The highest BCUT2D eigenvalue weighted by Crippen LogP contribution is 2.31. The molecule has 0 spiro atoms. The Balaban J connectivity index is 1.82. The van der Waals surface area contributed by atoms with Crippen LogP contribution in [0.1, 0.15) is 5.56 Å². The van der Waals surface area contributed by atoms with E-state index in [0.717, 1.165) is 5.56 Å². The lowest BCUT2D eigenvalue weighted by Crippen LogP contribution is -2.11. The Bertz CT molecular complexity index is 850. The number of halogens is 3. The summed E-state index contributed by atoms with van der Waals surface area (Å²) in [5.74, 6) is 7.26. The summed E-state index contributed by atoms with van der Waals surface area (Å²) in [6.45, 7) is 0. The van der Waals surface area contributed by atoms with Crippen molar-refractivity contribution in [2.75, 3.05) is 5.84 Å². The van der Waals surface area contributed by atoms with Crippen LogP contribution >= 0.6 is 46.6 Å². The molecule has 1 heterocycles. The monoisotopic (exact) mass is 384 g/mol. The molecule has 0 fully saturated rings. The number of rotatable bonds is 4. The van der Waals surface area contributed by atoms with E-state index < -0.39 is 0 Å². The Kier molecular flexibility index (Phi) is 5.02. The minimum atomic E-state index is 0.475. The van der Waals surface area contributed by atoms with Crippen molar-refractivity contribution in [3.8, 4) is 11.4 Å². The molecule has 0 aliphatic rings. The Labute approximate surface area is 152 Å². The van der Waals surface area contributed by atoms with Gasteiger partial charge in [-0.15, -0.1) is 10.2 Å². The van der Waals surface area contributed by atoms with E-state index in [0.29, 0.717) is 37.4 Å². The first-order chi connectivity index (χ1) is 11.0. The van der Waals surface area contributed by atoms with Crippen LogP contribution in [0.15, 0.2) is 47.6 Å². The van der Waals surface area contributed by atoms with Crippen molar-refractivity contribution >= 4 is 46.6 Å². The number of benzene rings is 2. The first-order valence-corrected chi connectivity index (χ1v) is 8.69. The van der Waals surface area contributed by atoms with Crippen molar-refractivity contribution in [3.05, 3.63) is 63.1 Å². The van der Waals surface area contributed by atoms with Gasteiger partial charge in [-0.25, -0.2) is 4.68 Å². The van der Waals surface area contributed by atoms with Crippen LogP contribution in [0.2, 0.25) is 15.1 Å². The van der Waals surface area contributed by atoms with Gasteiger partial charge in [0.05, 0.1) is 5.02 Å². The van der Waals surface area contributed by atoms with Crippen molar-refractivity contribution in [3.63, 3.8) is 0 Å². The van der Waals surface area contributed by atoms with E-state index in [1.807, 2.05) is 24.3 Å². The van der Waals surface area contributed by atoms with Crippen LogP contribution in [0, 0.1) is 0 Å². The molecule has 0 atom stereocenters. The number of nitrogens with two attached hydrogens (primary N) is 1. The van der Waals surface area contributed by atoms with Crippen molar-refractivity contribution in [2.24, 2.45) is 0 Å². The average molecular weight is 386 g/mol. The fourth-order valence-electron chi connectivity index (χ4n) is 2.00. The predicted molar refractivity (Wildman–Crippen MR) is 96.6 cm³/mol. The summed E-state index contributed by atoms with van der Waals surface area (Å²) >= 11 is 19.5. The molecule has 0 saturated carbocycles. The molecule has 0 saturated heterocycles. The van der Waals surface area contributed by atoms with E-state index in [1.54, 1.807) is 18.2 Å². The van der Waals surface area contributed by atoms with Crippen LogP contribution in [0.3, 0.4) is 0 Å². The molecule has 8 heteroatoms. The smallest absolute Gasteiger partial charge is 0.210 e. The predicted octanol–water partition coefficient (Wildman–Crippen LogP) is 4.91. The van der Waals surface area contributed by atoms with Crippen molar-refractivity contribution in [2.45, 2.75) is 10.9 Å². The molecule has 2 N–H and O–H groups in total. The quantitative estimate of drug-likeness (QED) is 0.512. The highest BCUT2D eigenvalue weighted by atomic mass is 35.5. The van der Waals surface area contributed by atoms with Gasteiger partial charge in [0.15, 0.2) is 5.82 Å². The summed E-state index contributed by atoms with van der Waals surface area (Å²) in [6, 6.07) is 12.8. The Morgan fingerprint density at radius 2 is 1.78 bits per heavy atom. The van der Waals surface area contributed by atoms with Crippen molar-refractivity contribution in [1.82, 2.24) is 14.9 Å². The molecule has 0 amide bonds. The molecule has 0 radical (unpaired) electrons. The number of aromatic nitrogens is 3. The SMILES string of the molecule is Nn1c(SCc2cccc(Cl)c2)nnc1-c1ccc(Cl)cc1Cl. The van der Waals surface area contributed by atoms with E-state index in [2.05, 4.69) is 10.2 Å². The van der Waals surface area contributed by atoms with Crippen molar-refractivity contribution in [1.29, 1.82) is 0 Å². The number of nitrogen functional groups attached to an aromatic ring is 1. The van der Waals surface area contributed by atoms with Gasteiger partial charge in [0.1, 0.15) is 0 Å². The maximum Gasteiger partial charge on any atom is 0.210 e. The van der Waals surface area contributed by atoms with Gasteiger partial charge in [-0.2, -0.15) is 0 Å². The minimum Gasteiger partial charge on any atom is -0.335 e. The molecule has 3 aromatic rings. The number of hydrogen-bond acceptors (Lipinski definition) is 4. The van der Waals surface area contributed by atoms with Crippen LogP contribution in [0.5, 0.6) is 0 Å². The highest BCUT2D eigenvalue weighted by molar-refractivity contribution is 7.98. The van der Waals surface area contributed by atoms with Gasteiger partial charge in [-0.05, 0) is 35.9 Å². The zero-order chi connectivity index (χ0) is 16.4. The topological polar surface area (TPSA) is 56.7 Å². The Morgan fingerprint density at radius 3 is 2.52 bits per heavy atom. The van der Waals surface area contributed by atoms with Gasteiger partial charge in [0, 0.05) is 21.4 Å². The van der Waals surface area contributed by atoms with Crippen LogP contribution < -0.4 is 5.84 Å². The third kappa shape index (κ3) is 3.75. The number of hydrogen-bond donors (Lipinski definition) is 1. The van der Waals surface area contributed by atoms with Crippen LogP contribution in [0.4, 0.5) is 0 Å². The molecule has 118 valence electrons. The normalized spacial score (nSPS) is 10.9. The summed E-state index contributed by atoms with van der Waals surface area (Å²) in [5, 5.41) is 10.6. The van der Waals surface area contributed by atoms with Crippen molar-refractivity contribution < 1.29 is 0 Å². The Hall–Kier alpha value is -1.40. The van der Waals surface area contributed by atoms with Gasteiger partial charge in [0.25, 0.3) is 0 Å². The lowest BCUT2D eigenvalue weighted by molar-refractivity contribution is 0.849. The molecule has 3 rings (SSSR count). The van der Waals surface area contributed by atoms with Gasteiger partial charge in [0.2, 0.25) is 5.16 Å². The fourth-order valence-corrected chi connectivity index (χ4v) is 3.51. The summed E-state index contributed by atoms with van der Waals surface area (Å²) in [4.78, 5) is 0. The third-order valence-electron chi connectivity index (χ3n) is 3.09. The van der Waals surface area contributed by atoms with Gasteiger partial charge >= 0.3 is 0 Å². The van der Waals surface area contributed by atoms with E-state index in [9.17, 15) is 0 Å². The van der Waals surface area contributed by atoms with E-state index in [1.165, 1.54) is 16.4 Å². The summed E-state index contributed by atoms with van der Waals surface area (Å²) in [7, 11) is 0. The molecular formula is C15H11Cl3N4S. The second-order valence-electron chi connectivity index (χ2n) is 4.72. The Morgan fingerprint density at radius 1 is 1.00 bits per heavy atom. The largest absolute Gasteiger partial charge is 0.335 e. The van der Waals surface area contributed by atoms with Gasteiger partial charge in [-0.3, -0.25) is 0 Å². The second-order valence-corrected chi connectivity index (χ2v) is 6.94. The molecule has 4 nitrogen and oxygen atoms in total. The van der Waals surface area contributed by atoms with E-state index in [4.69, 9.17) is 40.6 Å². The summed E-state index contributed by atoms with van der Waals surface area (Å²) in [5.41, 5.74) is 1.76. The highest BCUT2D eigenvalue weighted by Gasteiger charge is 2.15. The molecule has 0 bridgehead atoms. The molecular weight excluding hydrogens is 375 g/mol. The molecule has 23 heavy (non-hydrogen) atoms. The zero-order valence-corrected chi connectivity index (χ0v) is 14.8. The lowest BCUT2D eigenvalue weighted by atomic mass is 10.2. The first-order valence-electron chi connectivity index (χ1n) is 6.58. The first kappa shape index (κ1) is 16.5. The summed E-state index contributed by atoms with van der Waals surface area (Å²) in [6.07, 6.45) is 0. The fraction of sp³-hybridized carbons (Fsp3) is 0.0667. The molecule has 0 aliphatic heterocycles. The minimum absolute atomic E-state index is 0.475. The molecule has 2 aromatic carbocycles. The van der Waals surface area contributed by atoms with Crippen LogP contribution in [-0.2, 0) is 5.75 Å². The maximum atomic E-state index is 6.19. The molecule has 0 aliphatic carbocycles. The number of thioether (sulfide) groups is 1. The van der Waals surface area contributed by atoms with E-state index >= 15 is 0 Å². The second kappa shape index (κ2) is 7.01. The zero-order valence-electron chi connectivity index (χ0n) is 11.7. The standard InChI is InChI=1S/C15H11Cl3N4S/c16-10-3-1-2-9(6-10)8-23-15-21-20-14(22(15)19)12-5-4-11(17)7-13(12)18/h1-7H,8,19H2. The van der Waals surface area contributed by atoms with Crippen LogP contribution in [-0.4, -0.2) is 14.9 Å². The maximum absolute atomic E-state index is 6.19.